The standard InChI is InChI=1S/C20H22N2O2.ClH/c1-14-8-10-15(11-9-14)19(23)17-6-2-3-7-18(17)20(24)22-16-5-4-12-21-13-16;/h2-3,6-11,16,21H,4-5,12-13H2,1H3,(H,22,24);1H/t16-;/m0./s1. The predicted molar refractivity (Wildman–Crippen MR) is 102 cm³/mol. The minimum Gasteiger partial charge on any atom is -0.348 e. The van der Waals surface area contributed by atoms with Crippen LogP contribution >= 0.6 is 12.4 Å². The van der Waals surface area contributed by atoms with Crippen LogP contribution in [0.2, 0.25) is 0 Å². The second-order valence-corrected chi connectivity index (χ2v) is 6.26. The number of aryl methyl sites for hydroxylation is 1. The molecule has 132 valence electrons. The van der Waals surface area contributed by atoms with Crippen LogP contribution in [0, 0.1) is 6.92 Å². The first-order chi connectivity index (χ1) is 11.6. The summed E-state index contributed by atoms with van der Waals surface area (Å²) >= 11 is 0. The van der Waals surface area contributed by atoms with Gasteiger partial charge >= 0.3 is 0 Å². The monoisotopic (exact) mass is 358 g/mol. The van der Waals surface area contributed by atoms with E-state index in [1.165, 1.54) is 0 Å². The molecule has 0 aliphatic carbocycles. The van der Waals surface area contributed by atoms with Gasteiger partial charge in [-0.05, 0) is 32.4 Å². The minimum atomic E-state index is -0.181. The Labute approximate surface area is 154 Å². The van der Waals surface area contributed by atoms with E-state index in [0.717, 1.165) is 31.5 Å². The van der Waals surface area contributed by atoms with Gasteiger partial charge in [-0.1, -0.05) is 48.0 Å². The van der Waals surface area contributed by atoms with Gasteiger partial charge in [-0.2, -0.15) is 0 Å². The molecule has 2 N–H and O–H groups in total. The van der Waals surface area contributed by atoms with Gasteiger partial charge in [0, 0.05) is 23.7 Å². The van der Waals surface area contributed by atoms with Crippen molar-refractivity contribution in [2.75, 3.05) is 13.1 Å². The fraction of sp³-hybridized carbons (Fsp3) is 0.300. The Kier molecular flexibility index (Phi) is 6.73. The Hall–Kier alpha value is -2.17. The second-order valence-electron chi connectivity index (χ2n) is 6.26. The predicted octanol–water partition coefficient (Wildman–Crippen LogP) is 3.13. The SMILES string of the molecule is Cc1ccc(C(=O)c2ccccc2C(=O)N[C@H]2CCCNC2)cc1.Cl. The summed E-state index contributed by atoms with van der Waals surface area (Å²) in [4.78, 5) is 25.4. The Balaban J connectivity index is 0.00000225. The molecule has 1 atom stereocenters. The lowest BCUT2D eigenvalue weighted by atomic mass is 9.97. The molecule has 0 radical (unpaired) electrons. The van der Waals surface area contributed by atoms with Gasteiger partial charge in [0.1, 0.15) is 0 Å². The highest BCUT2D eigenvalue weighted by Gasteiger charge is 2.21. The highest BCUT2D eigenvalue weighted by atomic mass is 35.5. The molecular weight excluding hydrogens is 336 g/mol. The maximum absolute atomic E-state index is 12.8. The summed E-state index contributed by atoms with van der Waals surface area (Å²) in [7, 11) is 0. The summed E-state index contributed by atoms with van der Waals surface area (Å²) in [6.45, 7) is 3.75. The van der Waals surface area contributed by atoms with Gasteiger partial charge in [0.2, 0.25) is 0 Å². The molecule has 0 aromatic heterocycles. The molecular formula is C20H23ClN2O2. The Bertz CT molecular complexity index is 738. The van der Waals surface area contributed by atoms with Crippen LogP contribution < -0.4 is 10.6 Å². The molecule has 1 aliphatic heterocycles. The molecule has 0 spiro atoms. The molecule has 1 saturated heterocycles. The van der Waals surface area contributed by atoms with Crippen LogP contribution in [0.1, 0.15) is 44.7 Å². The number of benzene rings is 2. The number of hydrogen-bond acceptors (Lipinski definition) is 3. The lowest BCUT2D eigenvalue weighted by molar-refractivity contribution is 0.0921. The van der Waals surface area contributed by atoms with Crippen molar-refractivity contribution in [1.29, 1.82) is 0 Å². The molecule has 25 heavy (non-hydrogen) atoms. The summed E-state index contributed by atoms with van der Waals surface area (Å²) in [5.74, 6) is -0.303. The van der Waals surface area contributed by atoms with Gasteiger partial charge in [0.25, 0.3) is 5.91 Å². The zero-order valence-corrected chi connectivity index (χ0v) is 15.1. The highest BCUT2D eigenvalue weighted by Crippen LogP contribution is 2.16. The average Bonchev–Trinajstić information content (AvgIpc) is 2.62. The van der Waals surface area contributed by atoms with E-state index in [1.54, 1.807) is 36.4 Å². The molecule has 1 amide bonds. The number of carbonyl (C=O) groups is 2. The van der Waals surface area contributed by atoms with Crippen molar-refractivity contribution in [2.45, 2.75) is 25.8 Å². The van der Waals surface area contributed by atoms with Gasteiger partial charge in [-0.15, -0.1) is 12.4 Å². The van der Waals surface area contributed by atoms with Crippen LogP contribution in [0.3, 0.4) is 0 Å². The minimum absolute atomic E-state index is 0. The van der Waals surface area contributed by atoms with Crippen molar-refractivity contribution in [1.82, 2.24) is 10.6 Å². The van der Waals surface area contributed by atoms with Crippen LogP contribution in [0.4, 0.5) is 0 Å². The fourth-order valence-corrected chi connectivity index (χ4v) is 2.98. The summed E-state index contributed by atoms with van der Waals surface area (Å²) in [5.41, 5.74) is 2.58. The summed E-state index contributed by atoms with van der Waals surface area (Å²) in [5, 5.41) is 6.32. The van der Waals surface area contributed by atoms with Crippen LogP contribution in [0.5, 0.6) is 0 Å². The topological polar surface area (TPSA) is 58.2 Å². The highest BCUT2D eigenvalue weighted by molar-refractivity contribution is 6.15. The van der Waals surface area contributed by atoms with E-state index in [9.17, 15) is 9.59 Å². The normalized spacial score (nSPS) is 16.6. The van der Waals surface area contributed by atoms with E-state index in [2.05, 4.69) is 10.6 Å². The Morgan fingerprint density at radius 1 is 1.04 bits per heavy atom. The second kappa shape index (κ2) is 8.79. The van der Waals surface area contributed by atoms with Crippen LogP contribution in [0.25, 0.3) is 0 Å². The zero-order valence-electron chi connectivity index (χ0n) is 14.2. The number of hydrogen-bond donors (Lipinski definition) is 2. The van der Waals surface area contributed by atoms with Gasteiger partial charge in [0.15, 0.2) is 5.78 Å². The summed E-state index contributed by atoms with van der Waals surface area (Å²) < 4.78 is 0. The average molecular weight is 359 g/mol. The largest absolute Gasteiger partial charge is 0.348 e. The van der Waals surface area contributed by atoms with Crippen molar-refractivity contribution in [3.8, 4) is 0 Å². The van der Waals surface area contributed by atoms with Crippen LogP contribution in [-0.4, -0.2) is 30.8 Å². The van der Waals surface area contributed by atoms with Crippen LogP contribution in [0.15, 0.2) is 48.5 Å². The third-order valence-electron chi connectivity index (χ3n) is 4.36. The van der Waals surface area contributed by atoms with Crippen molar-refractivity contribution < 1.29 is 9.59 Å². The van der Waals surface area contributed by atoms with Gasteiger partial charge < -0.3 is 10.6 Å². The fourth-order valence-electron chi connectivity index (χ4n) is 2.98. The molecule has 2 aromatic rings. The Morgan fingerprint density at radius 2 is 1.72 bits per heavy atom. The number of halogens is 1. The van der Waals surface area contributed by atoms with Gasteiger partial charge in [-0.25, -0.2) is 0 Å². The van der Waals surface area contributed by atoms with Crippen LogP contribution in [-0.2, 0) is 0 Å². The molecule has 1 fully saturated rings. The molecule has 0 bridgehead atoms. The van der Waals surface area contributed by atoms with E-state index in [-0.39, 0.29) is 30.1 Å². The summed E-state index contributed by atoms with van der Waals surface area (Å²) in [6.07, 6.45) is 2.02. The maximum atomic E-state index is 12.8. The van der Waals surface area contributed by atoms with Crippen molar-refractivity contribution in [3.05, 3.63) is 70.8 Å². The van der Waals surface area contributed by atoms with E-state index in [1.807, 2.05) is 19.1 Å². The molecule has 1 heterocycles. The first-order valence-electron chi connectivity index (χ1n) is 8.37. The van der Waals surface area contributed by atoms with E-state index in [4.69, 9.17) is 0 Å². The number of rotatable bonds is 4. The molecule has 2 aromatic carbocycles. The lowest BCUT2D eigenvalue weighted by Gasteiger charge is -2.24. The van der Waals surface area contributed by atoms with Gasteiger partial charge in [0.05, 0.1) is 5.56 Å². The van der Waals surface area contributed by atoms with E-state index in [0.29, 0.717) is 16.7 Å². The van der Waals surface area contributed by atoms with E-state index >= 15 is 0 Å². The van der Waals surface area contributed by atoms with E-state index < -0.39 is 0 Å². The van der Waals surface area contributed by atoms with Crippen molar-refractivity contribution in [2.24, 2.45) is 0 Å². The molecule has 1 aliphatic rings. The number of carbonyl (C=O) groups excluding carboxylic acids is 2. The van der Waals surface area contributed by atoms with Crippen molar-refractivity contribution in [3.63, 3.8) is 0 Å². The van der Waals surface area contributed by atoms with Crippen molar-refractivity contribution >= 4 is 24.1 Å². The Morgan fingerprint density at radius 3 is 2.36 bits per heavy atom. The number of nitrogens with one attached hydrogen (secondary N) is 2. The zero-order chi connectivity index (χ0) is 16.9. The molecule has 4 nitrogen and oxygen atoms in total. The smallest absolute Gasteiger partial charge is 0.252 e. The summed E-state index contributed by atoms with van der Waals surface area (Å²) in [6, 6.07) is 14.6. The maximum Gasteiger partial charge on any atom is 0.252 e. The lowest BCUT2D eigenvalue weighted by Crippen LogP contribution is -2.45. The number of ketones is 1. The first kappa shape index (κ1) is 19.2. The molecule has 3 rings (SSSR count). The third kappa shape index (κ3) is 4.68. The van der Waals surface area contributed by atoms with Gasteiger partial charge in [-0.3, -0.25) is 9.59 Å². The molecule has 0 unspecified atom stereocenters. The number of piperidine rings is 1. The molecule has 5 heteroatoms. The third-order valence-corrected chi connectivity index (χ3v) is 4.36. The number of amides is 1. The quantitative estimate of drug-likeness (QED) is 0.825. The first-order valence-corrected chi connectivity index (χ1v) is 8.37. The molecule has 0 saturated carbocycles.